The zero-order valence-corrected chi connectivity index (χ0v) is 12.8. The van der Waals surface area contributed by atoms with E-state index in [9.17, 15) is 9.59 Å². The first-order chi connectivity index (χ1) is 10.1. The van der Waals surface area contributed by atoms with E-state index in [1.807, 2.05) is 6.20 Å². The SMILES string of the molecule is CCCCc1cn(CCO)c(CC(=O)OC)c1C(=O)OC. The minimum atomic E-state index is -0.461. The van der Waals surface area contributed by atoms with Crippen molar-refractivity contribution in [1.29, 1.82) is 0 Å². The molecule has 0 saturated heterocycles. The highest BCUT2D eigenvalue weighted by atomic mass is 16.5. The van der Waals surface area contributed by atoms with Crippen LogP contribution in [0.4, 0.5) is 0 Å². The first-order valence-electron chi connectivity index (χ1n) is 7.05. The van der Waals surface area contributed by atoms with Crippen LogP contribution in [0.15, 0.2) is 6.20 Å². The Kier molecular flexibility index (Phi) is 6.94. The van der Waals surface area contributed by atoms with Gasteiger partial charge in [0.15, 0.2) is 0 Å². The Balaban J connectivity index is 3.27. The van der Waals surface area contributed by atoms with Crippen LogP contribution in [0.3, 0.4) is 0 Å². The fourth-order valence-corrected chi connectivity index (χ4v) is 2.27. The minimum absolute atomic E-state index is 0.0208. The van der Waals surface area contributed by atoms with Crippen molar-refractivity contribution in [3.05, 3.63) is 23.0 Å². The zero-order valence-electron chi connectivity index (χ0n) is 12.8. The summed E-state index contributed by atoms with van der Waals surface area (Å²) in [5.41, 5.74) is 1.80. The van der Waals surface area contributed by atoms with Crippen molar-refractivity contribution in [3.63, 3.8) is 0 Å². The van der Waals surface area contributed by atoms with Crippen LogP contribution >= 0.6 is 0 Å². The first-order valence-corrected chi connectivity index (χ1v) is 7.05. The van der Waals surface area contributed by atoms with E-state index in [1.54, 1.807) is 4.57 Å². The van der Waals surface area contributed by atoms with Crippen molar-refractivity contribution in [1.82, 2.24) is 4.57 Å². The normalized spacial score (nSPS) is 10.5. The van der Waals surface area contributed by atoms with Gasteiger partial charge in [-0.1, -0.05) is 13.3 Å². The Bertz CT molecular complexity index is 492. The maximum absolute atomic E-state index is 12.1. The van der Waals surface area contributed by atoms with Gasteiger partial charge in [-0.3, -0.25) is 4.79 Å². The number of hydrogen-bond acceptors (Lipinski definition) is 5. The van der Waals surface area contributed by atoms with E-state index in [1.165, 1.54) is 14.2 Å². The summed E-state index contributed by atoms with van der Waals surface area (Å²) in [5, 5.41) is 9.15. The molecule has 118 valence electrons. The molecule has 1 heterocycles. The zero-order chi connectivity index (χ0) is 15.8. The van der Waals surface area contributed by atoms with Gasteiger partial charge in [-0.05, 0) is 18.4 Å². The van der Waals surface area contributed by atoms with E-state index in [4.69, 9.17) is 9.84 Å². The summed E-state index contributed by atoms with van der Waals surface area (Å²) in [4.78, 5) is 23.6. The van der Waals surface area contributed by atoms with Gasteiger partial charge in [0, 0.05) is 18.4 Å². The van der Waals surface area contributed by atoms with E-state index in [2.05, 4.69) is 11.7 Å². The third-order valence-electron chi connectivity index (χ3n) is 3.34. The van der Waals surface area contributed by atoms with Crippen LogP contribution in [0, 0.1) is 0 Å². The molecule has 1 aromatic rings. The second-order valence-electron chi connectivity index (χ2n) is 4.74. The summed E-state index contributed by atoms with van der Waals surface area (Å²) in [7, 11) is 2.62. The van der Waals surface area contributed by atoms with Gasteiger partial charge in [0.25, 0.3) is 0 Å². The summed E-state index contributed by atoms with van der Waals surface area (Å²) >= 11 is 0. The van der Waals surface area contributed by atoms with Crippen molar-refractivity contribution < 1.29 is 24.2 Å². The number of rotatable bonds is 8. The fourth-order valence-electron chi connectivity index (χ4n) is 2.27. The van der Waals surface area contributed by atoms with E-state index in [0.29, 0.717) is 17.8 Å². The van der Waals surface area contributed by atoms with E-state index >= 15 is 0 Å². The Hall–Kier alpha value is -1.82. The van der Waals surface area contributed by atoms with Gasteiger partial charge in [-0.15, -0.1) is 0 Å². The largest absolute Gasteiger partial charge is 0.469 e. The maximum atomic E-state index is 12.1. The second kappa shape index (κ2) is 8.46. The third kappa shape index (κ3) is 4.32. The van der Waals surface area contributed by atoms with Crippen molar-refractivity contribution in [2.24, 2.45) is 0 Å². The van der Waals surface area contributed by atoms with E-state index in [-0.39, 0.29) is 13.0 Å². The number of carbonyl (C=O) groups is 2. The summed E-state index contributed by atoms with van der Waals surface area (Å²) < 4.78 is 11.2. The molecule has 0 aromatic carbocycles. The number of aliphatic hydroxyl groups excluding tert-OH is 1. The monoisotopic (exact) mass is 297 g/mol. The lowest BCUT2D eigenvalue weighted by atomic mass is 10.0. The number of nitrogens with zero attached hydrogens (tertiary/aromatic N) is 1. The second-order valence-corrected chi connectivity index (χ2v) is 4.74. The van der Waals surface area contributed by atoms with Gasteiger partial charge in [0.05, 0.1) is 32.8 Å². The van der Waals surface area contributed by atoms with Crippen LogP contribution in [0.25, 0.3) is 0 Å². The average Bonchev–Trinajstić information content (AvgIpc) is 2.82. The number of esters is 2. The number of carbonyl (C=O) groups excluding carboxylic acids is 2. The molecule has 0 radical (unpaired) electrons. The Morgan fingerprint density at radius 3 is 2.52 bits per heavy atom. The Morgan fingerprint density at radius 1 is 1.29 bits per heavy atom. The number of methoxy groups -OCH3 is 2. The highest BCUT2D eigenvalue weighted by molar-refractivity contribution is 5.94. The Morgan fingerprint density at radius 2 is 2.00 bits per heavy atom. The lowest BCUT2D eigenvalue weighted by Gasteiger charge is -2.09. The van der Waals surface area contributed by atoms with Crippen LogP contribution in [0.2, 0.25) is 0 Å². The number of aliphatic hydroxyl groups is 1. The van der Waals surface area contributed by atoms with Gasteiger partial charge in [0.1, 0.15) is 0 Å². The van der Waals surface area contributed by atoms with Gasteiger partial charge in [-0.25, -0.2) is 4.79 Å². The molecule has 21 heavy (non-hydrogen) atoms. The molecule has 1 N–H and O–H groups in total. The van der Waals surface area contributed by atoms with Crippen LogP contribution in [0.5, 0.6) is 0 Å². The Labute approximate surface area is 124 Å². The summed E-state index contributed by atoms with van der Waals surface area (Å²) in [6.07, 6.45) is 4.46. The van der Waals surface area contributed by atoms with Crippen LogP contribution in [-0.4, -0.2) is 42.4 Å². The minimum Gasteiger partial charge on any atom is -0.469 e. The van der Waals surface area contributed by atoms with Crippen LogP contribution < -0.4 is 0 Å². The molecule has 0 amide bonds. The lowest BCUT2D eigenvalue weighted by Crippen LogP contribution is -2.15. The van der Waals surface area contributed by atoms with Crippen molar-refractivity contribution in [2.75, 3.05) is 20.8 Å². The molecule has 6 nitrogen and oxygen atoms in total. The number of hydrogen-bond donors (Lipinski definition) is 1. The van der Waals surface area contributed by atoms with Gasteiger partial charge < -0.3 is 19.1 Å². The predicted molar refractivity (Wildman–Crippen MR) is 77.2 cm³/mol. The molecule has 1 rings (SSSR count). The molecule has 0 fully saturated rings. The van der Waals surface area contributed by atoms with Crippen LogP contribution in [0.1, 0.15) is 41.4 Å². The van der Waals surface area contributed by atoms with Crippen LogP contribution in [-0.2, 0) is 33.7 Å². The molecule has 0 bridgehead atoms. The topological polar surface area (TPSA) is 77.8 Å². The number of ether oxygens (including phenoxy) is 2. The maximum Gasteiger partial charge on any atom is 0.339 e. The number of aromatic nitrogens is 1. The molecule has 0 atom stereocenters. The summed E-state index contributed by atoms with van der Waals surface area (Å²) in [6.45, 7) is 2.32. The molecule has 0 aliphatic heterocycles. The quantitative estimate of drug-likeness (QED) is 0.732. The molecule has 1 aromatic heterocycles. The highest BCUT2D eigenvalue weighted by Crippen LogP contribution is 2.22. The van der Waals surface area contributed by atoms with Gasteiger partial charge in [0.2, 0.25) is 0 Å². The number of unbranched alkanes of at least 4 members (excludes halogenated alkanes) is 1. The van der Waals surface area contributed by atoms with Gasteiger partial charge >= 0.3 is 11.9 Å². The average molecular weight is 297 g/mol. The summed E-state index contributed by atoms with van der Waals surface area (Å²) in [6, 6.07) is 0. The molecular formula is C15H23NO5. The van der Waals surface area contributed by atoms with Crippen molar-refractivity contribution in [2.45, 2.75) is 39.2 Å². The summed E-state index contributed by atoms with van der Waals surface area (Å²) in [5.74, 6) is -0.892. The molecule has 0 aliphatic rings. The molecule has 0 spiro atoms. The molecule has 6 heteroatoms. The van der Waals surface area contributed by atoms with Gasteiger partial charge in [-0.2, -0.15) is 0 Å². The molecule has 0 aliphatic carbocycles. The first kappa shape index (κ1) is 17.2. The van der Waals surface area contributed by atoms with Crippen molar-refractivity contribution in [3.8, 4) is 0 Å². The lowest BCUT2D eigenvalue weighted by molar-refractivity contribution is -0.139. The molecular weight excluding hydrogens is 274 g/mol. The predicted octanol–water partition coefficient (Wildman–Crippen LogP) is 1.33. The standard InChI is InChI=1S/C15H23NO5/c1-4-5-6-11-10-16(7-8-17)12(9-13(18)20-2)14(11)15(19)21-3/h10,17H,4-9H2,1-3H3. The smallest absolute Gasteiger partial charge is 0.339 e. The fraction of sp³-hybridized carbons (Fsp3) is 0.600. The van der Waals surface area contributed by atoms with E-state index in [0.717, 1.165) is 24.8 Å². The third-order valence-corrected chi connectivity index (χ3v) is 3.34. The number of aryl methyl sites for hydroxylation is 1. The van der Waals surface area contributed by atoms with Crippen molar-refractivity contribution >= 4 is 11.9 Å². The molecule has 0 saturated carbocycles. The molecule has 0 unspecified atom stereocenters. The highest BCUT2D eigenvalue weighted by Gasteiger charge is 2.24. The van der Waals surface area contributed by atoms with E-state index < -0.39 is 11.9 Å².